The Kier molecular flexibility index (Phi) is 4.41. The van der Waals surface area contributed by atoms with Crippen LogP contribution in [-0.2, 0) is 0 Å². The minimum Gasteiger partial charge on any atom is -0.334 e. The summed E-state index contributed by atoms with van der Waals surface area (Å²) in [6.45, 7) is 0.0899. The third kappa shape index (κ3) is 3.13. The van der Waals surface area contributed by atoms with E-state index in [-0.39, 0.29) is 6.54 Å². The molecule has 6 heteroatoms. The van der Waals surface area contributed by atoms with Crippen molar-refractivity contribution in [2.45, 2.75) is 6.43 Å². The first-order valence-corrected chi connectivity index (χ1v) is 6.63. The fourth-order valence-corrected chi connectivity index (χ4v) is 2.08. The molecule has 18 heavy (non-hydrogen) atoms. The fraction of sp³-hybridized carbons (Fsp3) is 0.333. The van der Waals surface area contributed by atoms with Crippen molar-refractivity contribution in [3.05, 3.63) is 30.5 Å². The van der Waals surface area contributed by atoms with Crippen molar-refractivity contribution >= 4 is 32.8 Å². The van der Waals surface area contributed by atoms with Crippen molar-refractivity contribution in [2.24, 2.45) is 0 Å². The Balaban J connectivity index is 2.31. The molecule has 0 aliphatic rings. The smallest absolute Gasteiger partial charge is 0.255 e. The SMILES string of the molecule is FC(F)CN(CCBr)c1ncc2ccccc2n1. The average molecular weight is 316 g/mol. The first-order valence-electron chi connectivity index (χ1n) is 5.51. The van der Waals surface area contributed by atoms with E-state index in [4.69, 9.17) is 0 Å². The Morgan fingerprint density at radius 1 is 1.28 bits per heavy atom. The zero-order valence-electron chi connectivity index (χ0n) is 9.56. The topological polar surface area (TPSA) is 29.0 Å². The molecule has 0 unspecified atom stereocenters. The van der Waals surface area contributed by atoms with E-state index >= 15 is 0 Å². The third-order valence-corrected chi connectivity index (χ3v) is 2.83. The number of anilines is 1. The lowest BCUT2D eigenvalue weighted by molar-refractivity contribution is 0.155. The molecule has 0 N–H and O–H groups in total. The van der Waals surface area contributed by atoms with Crippen LogP contribution in [0.5, 0.6) is 0 Å². The van der Waals surface area contributed by atoms with Crippen molar-refractivity contribution in [1.29, 1.82) is 0 Å². The van der Waals surface area contributed by atoms with Gasteiger partial charge in [-0.15, -0.1) is 0 Å². The van der Waals surface area contributed by atoms with Gasteiger partial charge in [0.15, 0.2) is 0 Å². The number of hydrogen-bond donors (Lipinski definition) is 0. The van der Waals surface area contributed by atoms with Gasteiger partial charge in [0.05, 0.1) is 12.1 Å². The predicted molar refractivity (Wildman–Crippen MR) is 71.5 cm³/mol. The lowest BCUT2D eigenvalue weighted by Gasteiger charge is -2.21. The minimum absolute atomic E-state index is 0.341. The molecule has 1 heterocycles. The molecule has 0 aliphatic carbocycles. The molecule has 0 aliphatic heterocycles. The van der Waals surface area contributed by atoms with Crippen LogP contribution in [0, 0.1) is 0 Å². The highest BCUT2D eigenvalue weighted by molar-refractivity contribution is 9.09. The van der Waals surface area contributed by atoms with Crippen LogP contribution in [0.3, 0.4) is 0 Å². The first kappa shape index (κ1) is 13.1. The number of rotatable bonds is 5. The van der Waals surface area contributed by atoms with Gasteiger partial charge in [-0.2, -0.15) is 0 Å². The van der Waals surface area contributed by atoms with Crippen molar-refractivity contribution < 1.29 is 8.78 Å². The van der Waals surface area contributed by atoms with Crippen LogP contribution in [-0.4, -0.2) is 34.8 Å². The summed E-state index contributed by atoms with van der Waals surface area (Å²) in [7, 11) is 0. The summed E-state index contributed by atoms with van der Waals surface area (Å²) < 4.78 is 25.0. The summed E-state index contributed by atoms with van der Waals surface area (Å²) in [5.74, 6) is 0.341. The van der Waals surface area contributed by atoms with Crippen LogP contribution in [0.4, 0.5) is 14.7 Å². The molecule has 1 aromatic carbocycles. The Hall–Kier alpha value is -1.30. The number of nitrogens with zero attached hydrogens (tertiary/aromatic N) is 3. The molecule has 0 spiro atoms. The van der Waals surface area contributed by atoms with Crippen LogP contribution in [0.2, 0.25) is 0 Å². The fourth-order valence-electron chi connectivity index (χ4n) is 1.66. The Morgan fingerprint density at radius 2 is 2.06 bits per heavy atom. The molecule has 0 saturated carbocycles. The largest absolute Gasteiger partial charge is 0.334 e. The maximum Gasteiger partial charge on any atom is 0.255 e. The lowest BCUT2D eigenvalue weighted by atomic mass is 10.2. The third-order valence-electron chi connectivity index (χ3n) is 2.47. The predicted octanol–water partition coefficient (Wildman–Crippen LogP) is 3.10. The molecule has 96 valence electrons. The van der Waals surface area contributed by atoms with E-state index in [0.717, 1.165) is 10.9 Å². The van der Waals surface area contributed by atoms with E-state index in [9.17, 15) is 8.78 Å². The summed E-state index contributed by atoms with van der Waals surface area (Å²) >= 11 is 3.24. The number of hydrogen-bond acceptors (Lipinski definition) is 3. The van der Waals surface area contributed by atoms with Crippen molar-refractivity contribution in [2.75, 3.05) is 23.3 Å². The van der Waals surface area contributed by atoms with Gasteiger partial charge in [0.1, 0.15) is 0 Å². The molecule has 0 atom stereocenters. The second-order valence-corrected chi connectivity index (χ2v) is 4.55. The molecule has 2 rings (SSSR count). The van der Waals surface area contributed by atoms with Gasteiger partial charge in [-0.05, 0) is 6.07 Å². The highest BCUT2D eigenvalue weighted by Crippen LogP contribution is 2.15. The van der Waals surface area contributed by atoms with Gasteiger partial charge < -0.3 is 4.90 Å². The molecule has 0 radical (unpaired) electrons. The number of halogens is 3. The monoisotopic (exact) mass is 315 g/mol. The van der Waals surface area contributed by atoms with Crippen molar-refractivity contribution in [3.63, 3.8) is 0 Å². The van der Waals surface area contributed by atoms with E-state index in [1.54, 1.807) is 6.20 Å². The maximum absolute atomic E-state index is 12.5. The van der Waals surface area contributed by atoms with E-state index in [0.29, 0.717) is 17.8 Å². The number of fused-ring (bicyclic) bond motifs is 1. The second-order valence-electron chi connectivity index (χ2n) is 3.75. The van der Waals surface area contributed by atoms with E-state index in [1.807, 2.05) is 24.3 Å². The quantitative estimate of drug-likeness (QED) is 0.794. The molecule has 3 nitrogen and oxygen atoms in total. The molecule has 0 saturated heterocycles. The highest BCUT2D eigenvalue weighted by Gasteiger charge is 2.14. The maximum atomic E-state index is 12.5. The van der Waals surface area contributed by atoms with Crippen molar-refractivity contribution in [1.82, 2.24) is 9.97 Å². The molecule has 0 amide bonds. The van der Waals surface area contributed by atoms with E-state index in [2.05, 4.69) is 25.9 Å². The Labute approximate surface area is 112 Å². The first-order chi connectivity index (χ1) is 8.70. The summed E-state index contributed by atoms with van der Waals surface area (Å²) in [4.78, 5) is 9.93. The van der Waals surface area contributed by atoms with Gasteiger partial charge in [-0.25, -0.2) is 18.7 Å². The van der Waals surface area contributed by atoms with Gasteiger partial charge in [0.25, 0.3) is 6.43 Å². The summed E-state index contributed by atoms with van der Waals surface area (Å²) in [6, 6.07) is 7.48. The lowest BCUT2D eigenvalue weighted by Crippen LogP contribution is -2.32. The normalized spacial score (nSPS) is 11.1. The highest BCUT2D eigenvalue weighted by atomic mass is 79.9. The van der Waals surface area contributed by atoms with Crippen LogP contribution in [0.1, 0.15) is 0 Å². The van der Waals surface area contributed by atoms with Gasteiger partial charge in [0.2, 0.25) is 5.95 Å². The summed E-state index contributed by atoms with van der Waals surface area (Å²) in [5, 5.41) is 1.49. The zero-order chi connectivity index (χ0) is 13.0. The summed E-state index contributed by atoms with van der Waals surface area (Å²) in [6.07, 6.45) is -0.746. The number of para-hydroxylation sites is 1. The Morgan fingerprint density at radius 3 is 2.78 bits per heavy atom. The van der Waals surface area contributed by atoms with Crippen LogP contribution < -0.4 is 4.90 Å². The van der Waals surface area contributed by atoms with Crippen LogP contribution in [0.15, 0.2) is 30.5 Å². The summed E-state index contributed by atoms with van der Waals surface area (Å²) in [5.41, 5.74) is 0.760. The van der Waals surface area contributed by atoms with E-state index < -0.39 is 6.43 Å². The number of alkyl halides is 3. The standard InChI is InChI=1S/C12H12BrF2N3/c13-5-6-18(8-11(14)15)12-16-7-9-3-1-2-4-10(9)17-12/h1-4,7,11H,5-6,8H2. The van der Waals surface area contributed by atoms with Gasteiger partial charge in [-0.3, -0.25) is 0 Å². The molecular weight excluding hydrogens is 304 g/mol. The van der Waals surface area contributed by atoms with E-state index in [1.165, 1.54) is 4.90 Å². The molecule has 0 bridgehead atoms. The molecule has 2 aromatic rings. The number of benzene rings is 1. The van der Waals surface area contributed by atoms with Gasteiger partial charge >= 0.3 is 0 Å². The van der Waals surface area contributed by atoms with Crippen molar-refractivity contribution in [3.8, 4) is 0 Å². The Bertz CT molecular complexity index is 521. The van der Waals surface area contributed by atoms with Gasteiger partial charge in [-0.1, -0.05) is 34.1 Å². The number of aromatic nitrogens is 2. The average Bonchev–Trinajstić information content (AvgIpc) is 2.37. The molecule has 1 aromatic heterocycles. The minimum atomic E-state index is -2.40. The zero-order valence-corrected chi connectivity index (χ0v) is 11.1. The second kappa shape index (κ2) is 6.04. The molecule has 0 fully saturated rings. The van der Waals surface area contributed by atoms with Gasteiger partial charge in [0, 0.05) is 23.5 Å². The molecular formula is C12H12BrF2N3. The van der Waals surface area contributed by atoms with Crippen LogP contribution >= 0.6 is 15.9 Å². The van der Waals surface area contributed by atoms with Crippen LogP contribution in [0.25, 0.3) is 10.9 Å².